The van der Waals surface area contributed by atoms with Crippen LogP contribution in [0.2, 0.25) is 0 Å². The highest BCUT2D eigenvalue weighted by molar-refractivity contribution is 5.95. The lowest BCUT2D eigenvalue weighted by Crippen LogP contribution is -2.32. The minimum Gasteiger partial charge on any atom is -0.326 e. The van der Waals surface area contributed by atoms with Crippen LogP contribution in [0.15, 0.2) is 42.5 Å². The van der Waals surface area contributed by atoms with Crippen molar-refractivity contribution in [1.82, 2.24) is 0 Å². The van der Waals surface area contributed by atoms with Gasteiger partial charge in [0.2, 0.25) is 11.8 Å². The number of nitriles is 1. The average Bonchev–Trinajstić information content (AvgIpc) is 2.72. The second kappa shape index (κ2) is 8.71. The van der Waals surface area contributed by atoms with E-state index >= 15 is 0 Å². The van der Waals surface area contributed by atoms with Crippen LogP contribution in [-0.4, -0.2) is 11.8 Å². The Kier molecular flexibility index (Phi) is 6.10. The monoisotopic (exact) mass is 375 g/mol. The summed E-state index contributed by atoms with van der Waals surface area (Å²) in [6.45, 7) is 4.04. The summed E-state index contributed by atoms with van der Waals surface area (Å²) in [6, 6.07) is 14.8. The molecular weight excluding hydrogens is 350 g/mol. The van der Waals surface area contributed by atoms with Crippen LogP contribution in [0.4, 0.5) is 11.4 Å². The normalized spacial score (nSPS) is 18.8. The first-order valence-electron chi connectivity index (χ1n) is 9.66. The second-order valence-corrected chi connectivity index (χ2v) is 7.46. The molecule has 0 aliphatic heterocycles. The zero-order valence-corrected chi connectivity index (χ0v) is 16.3. The molecule has 2 amide bonds. The summed E-state index contributed by atoms with van der Waals surface area (Å²) >= 11 is 0. The molecule has 0 unspecified atom stereocenters. The molecule has 1 aliphatic carbocycles. The molecule has 1 aliphatic rings. The number of rotatable bonds is 4. The number of benzene rings is 2. The van der Waals surface area contributed by atoms with Gasteiger partial charge in [-0.15, -0.1) is 0 Å². The Balaban J connectivity index is 1.52. The molecule has 0 aromatic heterocycles. The molecule has 2 aromatic rings. The van der Waals surface area contributed by atoms with Crippen LogP contribution in [0.3, 0.4) is 0 Å². The lowest BCUT2D eigenvalue weighted by molar-refractivity contribution is -0.125. The summed E-state index contributed by atoms with van der Waals surface area (Å²) in [6.07, 6.45) is 2.82. The van der Waals surface area contributed by atoms with Crippen molar-refractivity contribution in [3.8, 4) is 6.07 Å². The van der Waals surface area contributed by atoms with Crippen LogP contribution in [0, 0.1) is 37.0 Å². The number of nitrogens with one attached hydrogen (secondary N) is 2. The Labute approximate surface area is 165 Å². The predicted octanol–water partition coefficient (Wildman–Crippen LogP) is 4.56. The van der Waals surface area contributed by atoms with Crippen LogP contribution < -0.4 is 10.6 Å². The van der Waals surface area contributed by atoms with Gasteiger partial charge in [-0.1, -0.05) is 12.1 Å². The molecule has 0 bridgehead atoms. The summed E-state index contributed by atoms with van der Waals surface area (Å²) in [5, 5.41) is 14.8. The molecule has 0 radical (unpaired) electrons. The van der Waals surface area contributed by atoms with Gasteiger partial charge in [-0.05, 0) is 81.0 Å². The van der Waals surface area contributed by atoms with E-state index < -0.39 is 0 Å². The quantitative estimate of drug-likeness (QED) is 0.822. The molecular formula is C23H25N3O2. The van der Waals surface area contributed by atoms with E-state index in [1.807, 2.05) is 32.0 Å². The standard InChI is InChI=1S/C23H25N3O2/c1-15-4-3-5-21(16(15)2)26-23(28)19-10-8-18(9-11-19)22(27)25-20-12-6-17(14-24)7-13-20/h3-7,12-13,18-19H,8-11H2,1-2H3,(H,25,27)(H,26,28). The maximum atomic E-state index is 12.6. The Hall–Kier alpha value is -3.13. The fourth-order valence-electron chi connectivity index (χ4n) is 3.61. The van der Waals surface area contributed by atoms with E-state index in [9.17, 15) is 9.59 Å². The summed E-state index contributed by atoms with van der Waals surface area (Å²) in [4.78, 5) is 25.1. The molecule has 5 nitrogen and oxygen atoms in total. The molecule has 144 valence electrons. The summed E-state index contributed by atoms with van der Waals surface area (Å²) in [5.74, 6) is -0.114. The number of hydrogen-bond donors (Lipinski definition) is 2. The van der Waals surface area contributed by atoms with E-state index in [1.165, 1.54) is 0 Å². The van der Waals surface area contributed by atoms with Gasteiger partial charge < -0.3 is 10.6 Å². The summed E-state index contributed by atoms with van der Waals surface area (Å²) in [7, 11) is 0. The maximum Gasteiger partial charge on any atom is 0.227 e. The smallest absolute Gasteiger partial charge is 0.227 e. The first-order chi connectivity index (χ1) is 13.5. The number of aryl methyl sites for hydroxylation is 1. The number of anilines is 2. The zero-order valence-electron chi connectivity index (χ0n) is 16.3. The molecule has 1 fully saturated rings. The molecule has 2 N–H and O–H groups in total. The topological polar surface area (TPSA) is 82.0 Å². The first kappa shape index (κ1) is 19.6. The third-order valence-corrected chi connectivity index (χ3v) is 5.61. The van der Waals surface area contributed by atoms with Gasteiger partial charge in [0.1, 0.15) is 0 Å². The number of hydrogen-bond acceptors (Lipinski definition) is 3. The summed E-state index contributed by atoms with van der Waals surface area (Å²) in [5.41, 5.74) is 4.37. The maximum absolute atomic E-state index is 12.6. The van der Waals surface area contributed by atoms with Gasteiger partial charge in [0.15, 0.2) is 0 Å². The van der Waals surface area contributed by atoms with Crippen molar-refractivity contribution < 1.29 is 9.59 Å². The van der Waals surface area contributed by atoms with E-state index in [1.54, 1.807) is 24.3 Å². The largest absolute Gasteiger partial charge is 0.326 e. The minimum atomic E-state index is -0.0830. The van der Waals surface area contributed by atoms with Gasteiger partial charge in [0.25, 0.3) is 0 Å². The third-order valence-electron chi connectivity index (χ3n) is 5.61. The number of amides is 2. The van der Waals surface area contributed by atoms with Crippen molar-refractivity contribution in [3.05, 3.63) is 59.2 Å². The average molecular weight is 375 g/mol. The fourth-order valence-corrected chi connectivity index (χ4v) is 3.61. The van der Waals surface area contributed by atoms with E-state index in [2.05, 4.69) is 16.7 Å². The highest BCUT2D eigenvalue weighted by Crippen LogP contribution is 2.31. The first-order valence-corrected chi connectivity index (χ1v) is 9.66. The zero-order chi connectivity index (χ0) is 20.1. The van der Waals surface area contributed by atoms with E-state index in [4.69, 9.17) is 5.26 Å². The minimum absolute atomic E-state index is 0.0157. The number of carbonyl (C=O) groups excluding carboxylic acids is 2. The lowest BCUT2D eigenvalue weighted by Gasteiger charge is -2.27. The van der Waals surface area contributed by atoms with Crippen molar-refractivity contribution in [2.24, 2.45) is 11.8 Å². The predicted molar refractivity (Wildman–Crippen MR) is 110 cm³/mol. The van der Waals surface area contributed by atoms with Crippen LogP contribution in [0.5, 0.6) is 0 Å². The highest BCUT2D eigenvalue weighted by atomic mass is 16.2. The molecule has 1 saturated carbocycles. The van der Waals surface area contributed by atoms with Crippen molar-refractivity contribution in [3.63, 3.8) is 0 Å². The Morgan fingerprint density at radius 3 is 2.04 bits per heavy atom. The molecule has 2 aromatic carbocycles. The Morgan fingerprint density at radius 2 is 1.46 bits per heavy atom. The molecule has 0 heterocycles. The van der Waals surface area contributed by atoms with Crippen LogP contribution in [0.1, 0.15) is 42.4 Å². The third kappa shape index (κ3) is 4.58. The van der Waals surface area contributed by atoms with Gasteiger partial charge >= 0.3 is 0 Å². The van der Waals surface area contributed by atoms with E-state index in [-0.39, 0.29) is 23.7 Å². The Morgan fingerprint density at radius 1 is 0.893 bits per heavy atom. The van der Waals surface area contributed by atoms with Crippen molar-refractivity contribution in [2.45, 2.75) is 39.5 Å². The summed E-state index contributed by atoms with van der Waals surface area (Å²) < 4.78 is 0. The number of carbonyl (C=O) groups is 2. The SMILES string of the molecule is Cc1cccc(NC(=O)C2CCC(C(=O)Nc3ccc(C#N)cc3)CC2)c1C. The molecule has 3 rings (SSSR count). The molecule has 0 atom stereocenters. The molecule has 0 saturated heterocycles. The molecule has 5 heteroatoms. The van der Waals surface area contributed by atoms with Crippen LogP contribution in [0.25, 0.3) is 0 Å². The van der Waals surface area contributed by atoms with Crippen LogP contribution >= 0.6 is 0 Å². The van der Waals surface area contributed by atoms with Crippen LogP contribution in [-0.2, 0) is 9.59 Å². The lowest BCUT2D eigenvalue weighted by atomic mass is 9.81. The highest BCUT2D eigenvalue weighted by Gasteiger charge is 2.30. The fraction of sp³-hybridized carbons (Fsp3) is 0.348. The van der Waals surface area contributed by atoms with Gasteiger partial charge in [0.05, 0.1) is 11.6 Å². The number of nitrogens with zero attached hydrogens (tertiary/aromatic N) is 1. The van der Waals surface area contributed by atoms with Gasteiger partial charge in [0, 0.05) is 23.2 Å². The van der Waals surface area contributed by atoms with Gasteiger partial charge in [-0.25, -0.2) is 0 Å². The second-order valence-electron chi connectivity index (χ2n) is 7.46. The van der Waals surface area contributed by atoms with Crippen molar-refractivity contribution >= 4 is 23.2 Å². The molecule has 28 heavy (non-hydrogen) atoms. The van der Waals surface area contributed by atoms with E-state index in [0.717, 1.165) is 16.8 Å². The van der Waals surface area contributed by atoms with Gasteiger partial charge in [-0.2, -0.15) is 5.26 Å². The molecule has 0 spiro atoms. The van der Waals surface area contributed by atoms with Crippen molar-refractivity contribution in [2.75, 3.05) is 10.6 Å². The Bertz CT molecular complexity index is 904. The van der Waals surface area contributed by atoms with Gasteiger partial charge in [-0.3, -0.25) is 9.59 Å². The van der Waals surface area contributed by atoms with Crippen molar-refractivity contribution in [1.29, 1.82) is 5.26 Å². The van der Waals surface area contributed by atoms with E-state index in [0.29, 0.717) is 36.9 Å².